The SMILES string of the molecule is CCOC(=O)CN(CCCOCCCCCN=[N+]=[N-])C(=O)OC(C)(C)C. The van der Waals surface area contributed by atoms with Gasteiger partial charge in [0.05, 0.1) is 6.61 Å². The van der Waals surface area contributed by atoms with Gasteiger partial charge >= 0.3 is 12.1 Å². The Morgan fingerprint density at radius 3 is 2.42 bits per heavy atom. The molecule has 26 heavy (non-hydrogen) atoms. The molecule has 0 aliphatic heterocycles. The number of hydrogen-bond acceptors (Lipinski definition) is 6. The van der Waals surface area contributed by atoms with Crippen molar-refractivity contribution in [3.8, 4) is 0 Å². The molecule has 0 saturated carbocycles. The molecule has 0 fully saturated rings. The van der Waals surface area contributed by atoms with Crippen LogP contribution in [0.5, 0.6) is 0 Å². The van der Waals surface area contributed by atoms with E-state index in [2.05, 4.69) is 10.0 Å². The van der Waals surface area contributed by atoms with E-state index < -0.39 is 17.7 Å². The Bertz CT molecular complexity index is 459. The molecule has 0 aromatic carbocycles. The van der Waals surface area contributed by atoms with Gasteiger partial charge in [0, 0.05) is 31.2 Å². The van der Waals surface area contributed by atoms with E-state index in [9.17, 15) is 9.59 Å². The Morgan fingerprint density at radius 2 is 1.81 bits per heavy atom. The average molecular weight is 372 g/mol. The van der Waals surface area contributed by atoms with Gasteiger partial charge in [0.25, 0.3) is 0 Å². The molecule has 0 aliphatic carbocycles. The van der Waals surface area contributed by atoms with Crippen molar-refractivity contribution in [2.45, 2.75) is 59.0 Å². The minimum absolute atomic E-state index is 0.137. The van der Waals surface area contributed by atoms with E-state index in [1.54, 1.807) is 27.7 Å². The van der Waals surface area contributed by atoms with Gasteiger partial charge in [0.2, 0.25) is 0 Å². The summed E-state index contributed by atoms with van der Waals surface area (Å²) in [7, 11) is 0. The van der Waals surface area contributed by atoms with E-state index in [-0.39, 0.29) is 13.2 Å². The van der Waals surface area contributed by atoms with Crippen LogP contribution in [0.4, 0.5) is 4.79 Å². The number of carbonyl (C=O) groups is 2. The first-order chi connectivity index (χ1) is 12.3. The fourth-order valence-electron chi connectivity index (χ4n) is 1.99. The minimum atomic E-state index is -0.629. The van der Waals surface area contributed by atoms with Crippen LogP contribution >= 0.6 is 0 Å². The second-order valence-electron chi connectivity index (χ2n) is 6.69. The van der Waals surface area contributed by atoms with Crippen molar-refractivity contribution in [2.24, 2.45) is 5.11 Å². The lowest BCUT2D eigenvalue weighted by Gasteiger charge is -2.26. The van der Waals surface area contributed by atoms with Crippen LogP contribution in [-0.4, -0.2) is 62.0 Å². The lowest BCUT2D eigenvalue weighted by atomic mass is 10.2. The minimum Gasteiger partial charge on any atom is -0.465 e. The molecule has 0 saturated heterocycles. The van der Waals surface area contributed by atoms with Crippen LogP contribution in [0.2, 0.25) is 0 Å². The van der Waals surface area contributed by atoms with Gasteiger partial charge in [-0.25, -0.2) is 4.79 Å². The summed E-state index contributed by atoms with van der Waals surface area (Å²) in [6, 6.07) is 0. The lowest BCUT2D eigenvalue weighted by Crippen LogP contribution is -2.41. The number of esters is 1. The lowest BCUT2D eigenvalue weighted by molar-refractivity contribution is -0.144. The van der Waals surface area contributed by atoms with Gasteiger partial charge in [-0.2, -0.15) is 0 Å². The topological polar surface area (TPSA) is 114 Å². The van der Waals surface area contributed by atoms with Gasteiger partial charge in [-0.15, -0.1) is 0 Å². The molecular weight excluding hydrogens is 340 g/mol. The normalized spacial score (nSPS) is 10.8. The highest BCUT2D eigenvalue weighted by atomic mass is 16.6. The predicted molar refractivity (Wildman–Crippen MR) is 97.7 cm³/mol. The maximum atomic E-state index is 12.2. The molecule has 0 radical (unpaired) electrons. The van der Waals surface area contributed by atoms with E-state index in [1.807, 2.05) is 0 Å². The maximum Gasteiger partial charge on any atom is 0.410 e. The van der Waals surface area contributed by atoms with E-state index in [1.165, 1.54) is 4.90 Å². The van der Waals surface area contributed by atoms with Gasteiger partial charge in [0.15, 0.2) is 0 Å². The highest BCUT2D eigenvalue weighted by molar-refractivity contribution is 5.78. The van der Waals surface area contributed by atoms with Crippen LogP contribution < -0.4 is 0 Å². The summed E-state index contributed by atoms with van der Waals surface area (Å²) in [5, 5.41) is 3.47. The Labute approximate surface area is 155 Å². The molecule has 9 heteroatoms. The largest absolute Gasteiger partial charge is 0.465 e. The maximum absolute atomic E-state index is 12.2. The molecule has 0 aromatic heterocycles. The summed E-state index contributed by atoms with van der Waals surface area (Å²) < 4.78 is 15.8. The molecule has 0 heterocycles. The Kier molecular flexibility index (Phi) is 13.1. The zero-order chi connectivity index (χ0) is 19.8. The molecule has 0 aromatic rings. The molecule has 9 nitrogen and oxygen atoms in total. The van der Waals surface area contributed by atoms with Crippen molar-refractivity contribution in [1.29, 1.82) is 0 Å². The predicted octanol–water partition coefficient (Wildman–Crippen LogP) is 3.67. The first-order valence-corrected chi connectivity index (χ1v) is 9.02. The van der Waals surface area contributed by atoms with Crippen molar-refractivity contribution < 1.29 is 23.8 Å². The van der Waals surface area contributed by atoms with Gasteiger partial charge in [-0.1, -0.05) is 11.5 Å². The first kappa shape index (κ1) is 24.0. The summed E-state index contributed by atoms with van der Waals surface area (Å²) in [6.45, 7) is 9.14. The second-order valence-corrected chi connectivity index (χ2v) is 6.69. The Morgan fingerprint density at radius 1 is 1.12 bits per heavy atom. The van der Waals surface area contributed by atoms with Crippen LogP contribution in [0.15, 0.2) is 5.11 Å². The third-order valence-corrected chi connectivity index (χ3v) is 3.10. The van der Waals surface area contributed by atoms with Crippen molar-refractivity contribution >= 4 is 12.1 Å². The van der Waals surface area contributed by atoms with Crippen molar-refractivity contribution in [2.75, 3.05) is 39.5 Å². The van der Waals surface area contributed by atoms with E-state index in [4.69, 9.17) is 19.7 Å². The van der Waals surface area contributed by atoms with Crippen LogP contribution in [-0.2, 0) is 19.0 Å². The molecule has 1 amide bonds. The Balaban J connectivity index is 4.12. The quantitative estimate of drug-likeness (QED) is 0.161. The zero-order valence-corrected chi connectivity index (χ0v) is 16.4. The van der Waals surface area contributed by atoms with Crippen LogP contribution in [0, 0.1) is 0 Å². The third-order valence-electron chi connectivity index (χ3n) is 3.10. The number of unbranched alkanes of at least 4 members (excludes halogenated alkanes) is 2. The van der Waals surface area contributed by atoms with Gasteiger partial charge < -0.3 is 14.2 Å². The molecule has 0 unspecified atom stereocenters. The zero-order valence-electron chi connectivity index (χ0n) is 16.4. The van der Waals surface area contributed by atoms with Gasteiger partial charge in [-0.3, -0.25) is 9.69 Å². The molecule has 0 rings (SSSR count). The highest BCUT2D eigenvalue weighted by Gasteiger charge is 2.24. The van der Waals surface area contributed by atoms with Crippen LogP contribution in [0.3, 0.4) is 0 Å². The first-order valence-electron chi connectivity index (χ1n) is 9.02. The van der Waals surface area contributed by atoms with E-state index in [0.29, 0.717) is 32.7 Å². The summed E-state index contributed by atoms with van der Waals surface area (Å²) in [5.74, 6) is -0.459. The smallest absolute Gasteiger partial charge is 0.410 e. The Hall–Kier alpha value is -1.99. The number of carbonyl (C=O) groups excluding carboxylic acids is 2. The van der Waals surface area contributed by atoms with E-state index in [0.717, 1.165) is 19.3 Å². The molecule has 150 valence electrons. The fraction of sp³-hybridized carbons (Fsp3) is 0.882. The van der Waals surface area contributed by atoms with Crippen LogP contribution in [0.25, 0.3) is 10.4 Å². The van der Waals surface area contributed by atoms with Gasteiger partial charge in [0.1, 0.15) is 12.1 Å². The molecular formula is C17H32N4O5. The highest BCUT2D eigenvalue weighted by Crippen LogP contribution is 2.10. The molecule has 0 aliphatic rings. The monoisotopic (exact) mass is 372 g/mol. The number of rotatable bonds is 13. The van der Waals surface area contributed by atoms with Crippen molar-refractivity contribution in [1.82, 2.24) is 4.90 Å². The summed E-state index contributed by atoms with van der Waals surface area (Å²) in [4.78, 5) is 27.9. The molecule has 0 spiro atoms. The summed E-state index contributed by atoms with van der Waals surface area (Å²) in [6.07, 6.45) is 2.73. The molecule has 0 atom stereocenters. The van der Waals surface area contributed by atoms with E-state index >= 15 is 0 Å². The number of hydrogen-bond donors (Lipinski definition) is 0. The standard InChI is InChI=1S/C17H32N4O5/c1-5-25-15(22)14-21(16(23)26-17(2,3)4)11-9-13-24-12-8-6-7-10-19-20-18/h5-14H2,1-4H3. The summed E-state index contributed by atoms with van der Waals surface area (Å²) in [5.41, 5.74) is 7.54. The molecule has 0 N–H and O–H groups in total. The number of amides is 1. The number of ether oxygens (including phenoxy) is 3. The summed E-state index contributed by atoms with van der Waals surface area (Å²) >= 11 is 0. The third kappa shape index (κ3) is 14.4. The number of nitrogens with zero attached hydrogens (tertiary/aromatic N) is 4. The van der Waals surface area contributed by atoms with Gasteiger partial charge in [-0.05, 0) is 52.5 Å². The van der Waals surface area contributed by atoms with Crippen molar-refractivity contribution in [3.63, 3.8) is 0 Å². The fourth-order valence-corrected chi connectivity index (χ4v) is 1.99. The average Bonchev–Trinajstić information content (AvgIpc) is 2.54. The second kappa shape index (κ2) is 14.2. The van der Waals surface area contributed by atoms with Crippen molar-refractivity contribution in [3.05, 3.63) is 10.4 Å². The number of azide groups is 1. The molecule has 0 bridgehead atoms. The van der Waals surface area contributed by atoms with Crippen LogP contribution in [0.1, 0.15) is 53.4 Å².